The second kappa shape index (κ2) is 12.3. The van der Waals surface area contributed by atoms with Gasteiger partial charge in [-0.1, -0.05) is 0 Å². The van der Waals surface area contributed by atoms with Gasteiger partial charge in [0.05, 0.1) is 13.2 Å². The van der Waals surface area contributed by atoms with E-state index >= 15 is 0 Å². The summed E-state index contributed by atoms with van der Waals surface area (Å²) in [5, 5.41) is 110. The first kappa shape index (κ1) is 31.7. The van der Waals surface area contributed by atoms with Crippen molar-refractivity contribution in [3.63, 3.8) is 0 Å². The van der Waals surface area contributed by atoms with Crippen LogP contribution >= 0.6 is 0 Å². The van der Waals surface area contributed by atoms with Gasteiger partial charge < -0.3 is 79.5 Å². The van der Waals surface area contributed by atoms with Crippen molar-refractivity contribution in [1.29, 1.82) is 0 Å². The zero-order valence-electron chi connectivity index (χ0n) is 22.4. The molecule has 2 aromatic carbocycles. The zero-order chi connectivity index (χ0) is 32.0. The van der Waals surface area contributed by atoms with Crippen LogP contribution in [-0.4, -0.2) is 131 Å². The van der Waals surface area contributed by atoms with Gasteiger partial charge >= 0.3 is 0 Å². The number of hydrogen-bond donors (Lipinski definition) is 11. The molecule has 17 nitrogen and oxygen atoms in total. The minimum absolute atomic E-state index is 0.114. The van der Waals surface area contributed by atoms with Crippen LogP contribution in [-0.2, 0) is 9.47 Å². The fourth-order valence-corrected chi connectivity index (χ4v) is 4.87. The van der Waals surface area contributed by atoms with Crippen molar-refractivity contribution >= 4 is 11.0 Å². The van der Waals surface area contributed by atoms with Crippen molar-refractivity contribution in [3.8, 4) is 40.1 Å². The summed E-state index contributed by atoms with van der Waals surface area (Å²) in [7, 11) is 0. The van der Waals surface area contributed by atoms with Crippen molar-refractivity contribution < 1.29 is 79.5 Å². The molecule has 10 unspecified atom stereocenters. The summed E-state index contributed by atoms with van der Waals surface area (Å²) in [4.78, 5) is 13.0. The Hall–Kier alpha value is -3.75. The second-order valence-electron chi connectivity index (χ2n) is 10.2. The molecule has 0 radical (unpaired) electrons. The van der Waals surface area contributed by atoms with Crippen LogP contribution in [0.4, 0.5) is 0 Å². The SMILES string of the molecule is O=c1cc(-c2ccc(OC3OC(CO)C(O)C(O)C3O)c(O)c2)oc2cc(O)c(OC3OC(CO)C(O)C(O)C3O)c(O)c12. The van der Waals surface area contributed by atoms with Crippen molar-refractivity contribution in [2.45, 2.75) is 61.4 Å². The molecular weight excluding hydrogens is 596 g/mol. The van der Waals surface area contributed by atoms with Crippen LogP contribution in [0.5, 0.6) is 28.7 Å². The quantitative estimate of drug-likeness (QED) is 0.124. The van der Waals surface area contributed by atoms with Crippen LogP contribution in [0.3, 0.4) is 0 Å². The predicted molar refractivity (Wildman–Crippen MR) is 142 cm³/mol. The Morgan fingerprint density at radius 3 is 1.80 bits per heavy atom. The van der Waals surface area contributed by atoms with Gasteiger partial charge in [-0.15, -0.1) is 0 Å². The molecule has 3 heterocycles. The minimum Gasteiger partial charge on any atom is -0.504 e. The number of phenols is 3. The van der Waals surface area contributed by atoms with Gasteiger partial charge in [0, 0.05) is 17.7 Å². The number of phenolic OH excluding ortho intramolecular Hbond substituents is 3. The number of hydrogen-bond acceptors (Lipinski definition) is 17. The van der Waals surface area contributed by atoms with Gasteiger partial charge in [-0.25, -0.2) is 0 Å². The third-order valence-electron chi connectivity index (χ3n) is 7.34. The number of fused-ring (bicyclic) bond motifs is 1. The third-order valence-corrected chi connectivity index (χ3v) is 7.34. The summed E-state index contributed by atoms with van der Waals surface area (Å²) in [5.41, 5.74) is -1.05. The van der Waals surface area contributed by atoms with E-state index in [1.165, 1.54) is 12.1 Å². The highest BCUT2D eigenvalue weighted by Crippen LogP contribution is 2.43. The predicted octanol–water partition coefficient (Wildman–Crippen LogP) is -3.07. The molecule has 2 aliphatic heterocycles. The van der Waals surface area contributed by atoms with Gasteiger partial charge in [-0.2, -0.15) is 0 Å². The summed E-state index contributed by atoms with van der Waals surface area (Å²) in [6.07, 6.45) is -16.4. The van der Waals surface area contributed by atoms with Gasteiger partial charge in [0.2, 0.25) is 18.3 Å². The maximum absolute atomic E-state index is 13.0. The van der Waals surface area contributed by atoms with Crippen molar-refractivity contribution in [1.82, 2.24) is 0 Å². The Morgan fingerprint density at radius 2 is 1.25 bits per heavy atom. The van der Waals surface area contributed by atoms with E-state index in [9.17, 15) is 61.0 Å². The van der Waals surface area contributed by atoms with E-state index in [2.05, 4.69) is 0 Å². The van der Waals surface area contributed by atoms with Crippen LogP contribution in [0.15, 0.2) is 39.5 Å². The van der Waals surface area contributed by atoms with E-state index in [4.69, 9.17) is 23.4 Å². The Morgan fingerprint density at radius 1 is 0.682 bits per heavy atom. The molecule has 0 spiro atoms. The molecule has 44 heavy (non-hydrogen) atoms. The molecule has 1 aromatic heterocycles. The zero-order valence-corrected chi connectivity index (χ0v) is 22.4. The summed E-state index contributed by atoms with van der Waals surface area (Å²) >= 11 is 0. The van der Waals surface area contributed by atoms with Gasteiger partial charge in [0.1, 0.15) is 65.6 Å². The van der Waals surface area contributed by atoms with Crippen molar-refractivity contribution in [2.75, 3.05) is 13.2 Å². The van der Waals surface area contributed by atoms with Crippen LogP contribution in [0.2, 0.25) is 0 Å². The van der Waals surface area contributed by atoms with Crippen LogP contribution in [0, 0.1) is 0 Å². The number of benzene rings is 2. The highest BCUT2D eigenvalue weighted by atomic mass is 16.7. The molecule has 10 atom stereocenters. The Bertz CT molecular complexity index is 1550. The molecule has 0 aliphatic carbocycles. The number of aliphatic hydroxyl groups is 8. The van der Waals surface area contributed by atoms with E-state index in [1.54, 1.807) is 0 Å². The van der Waals surface area contributed by atoms with E-state index in [0.717, 1.165) is 18.2 Å². The maximum atomic E-state index is 13.0. The van der Waals surface area contributed by atoms with Crippen LogP contribution in [0.25, 0.3) is 22.3 Å². The lowest BCUT2D eigenvalue weighted by atomic mass is 9.99. The van der Waals surface area contributed by atoms with E-state index in [1.807, 2.05) is 0 Å². The van der Waals surface area contributed by atoms with E-state index < -0.39 is 108 Å². The smallest absolute Gasteiger partial charge is 0.229 e. The molecule has 5 rings (SSSR count). The third kappa shape index (κ3) is 5.61. The summed E-state index contributed by atoms with van der Waals surface area (Å²) < 4.78 is 26.9. The van der Waals surface area contributed by atoms with Crippen molar-refractivity contribution in [3.05, 3.63) is 40.6 Å². The molecule has 240 valence electrons. The lowest BCUT2D eigenvalue weighted by molar-refractivity contribution is -0.277. The molecule has 2 aliphatic rings. The standard InChI is InChI=1S/C27H30O17/c28-6-15-18(33)21(36)23(38)26(42-15)41-12-2-1-8(3-9(12)30)13-4-10(31)17-14(40-13)5-11(32)25(20(17)35)44-27-24(39)22(37)19(34)16(7-29)43-27/h1-5,15-16,18-19,21-24,26-30,32-39H,6-7H2. The highest BCUT2D eigenvalue weighted by Gasteiger charge is 2.46. The fourth-order valence-electron chi connectivity index (χ4n) is 4.87. The molecule has 2 saturated heterocycles. The van der Waals surface area contributed by atoms with Gasteiger partial charge in [-0.3, -0.25) is 4.79 Å². The monoisotopic (exact) mass is 626 g/mol. The van der Waals surface area contributed by atoms with Gasteiger partial charge in [0.15, 0.2) is 28.4 Å². The summed E-state index contributed by atoms with van der Waals surface area (Å²) in [5.74, 6) is -3.34. The highest BCUT2D eigenvalue weighted by molar-refractivity contribution is 5.89. The molecule has 3 aromatic rings. The maximum Gasteiger partial charge on any atom is 0.229 e. The number of aromatic hydroxyl groups is 3. The molecule has 0 bridgehead atoms. The lowest BCUT2D eigenvalue weighted by Crippen LogP contribution is -2.60. The first-order valence-electron chi connectivity index (χ1n) is 13.2. The number of ether oxygens (including phenoxy) is 4. The minimum atomic E-state index is -1.87. The summed E-state index contributed by atoms with van der Waals surface area (Å²) in [6, 6.07) is 5.52. The van der Waals surface area contributed by atoms with Gasteiger partial charge in [-0.05, 0) is 18.2 Å². The first-order chi connectivity index (χ1) is 20.9. The van der Waals surface area contributed by atoms with Crippen molar-refractivity contribution in [2.24, 2.45) is 0 Å². The van der Waals surface area contributed by atoms with Crippen LogP contribution in [0.1, 0.15) is 0 Å². The first-order valence-corrected chi connectivity index (χ1v) is 13.2. The molecule has 0 saturated carbocycles. The van der Waals surface area contributed by atoms with E-state index in [-0.39, 0.29) is 22.7 Å². The Kier molecular flexibility index (Phi) is 8.87. The largest absolute Gasteiger partial charge is 0.504 e. The normalized spacial score (nSPS) is 32.5. The Balaban J connectivity index is 1.41. The number of rotatable bonds is 7. The molecule has 2 fully saturated rings. The van der Waals surface area contributed by atoms with Crippen LogP contribution < -0.4 is 14.9 Å². The van der Waals surface area contributed by atoms with E-state index in [0.29, 0.717) is 0 Å². The number of aliphatic hydroxyl groups excluding tert-OH is 8. The molecule has 17 heteroatoms. The average Bonchev–Trinajstić information content (AvgIpc) is 2.99. The lowest BCUT2D eigenvalue weighted by Gasteiger charge is -2.39. The second-order valence-corrected chi connectivity index (χ2v) is 10.2. The molecule has 11 N–H and O–H groups in total. The summed E-state index contributed by atoms with van der Waals surface area (Å²) in [6.45, 7) is -1.45. The topological polar surface area (TPSA) is 290 Å². The Labute approximate surface area is 246 Å². The van der Waals surface area contributed by atoms with Gasteiger partial charge in [0.25, 0.3) is 0 Å². The average molecular weight is 627 g/mol. The molecule has 0 amide bonds. The molecular formula is C27H30O17. The fraction of sp³-hybridized carbons (Fsp3) is 0.444.